The van der Waals surface area contributed by atoms with Crippen LogP contribution in [0, 0.1) is 17.0 Å². The molecule has 37 heavy (non-hydrogen) atoms. The van der Waals surface area contributed by atoms with E-state index in [1.807, 2.05) is 0 Å². The first-order chi connectivity index (χ1) is 17.4. The Kier molecular flexibility index (Phi) is 8.98. The molecule has 194 valence electrons. The number of nitro benzene ring substituents is 1. The van der Waals surface area contributed by atoms with Crippen LogP contribution in [0.25, 0.3) is 0 Å². The summed E-state index contributed by atoms with van der Waals surface area (Å²) < 4.78 is 33.3. The van der Waals surface area contributed by atoms with Gasteiger partial charge in [0.25, 0.3) is 21.6 Å². The second kappa shape index (κ2) is 11.8. The average molecular weight is 586 g/mol. The molecule has 0 aliphatic heterocycles. The predicted octanol–water partition coefficient (Wildman–Crippen LogP) is 5.22. The van der Waals surface area contributed by atoms with E-state index in [0.29, 0.717) is 15.6 Å². The smallest absolute Gasteiger partial charge is 0.273 e. The topological polar surface area (TPSA) is 131 Å². The van der Waals surface area contributed by atoms with E-state index < -0.39 is 38.0 Å². The standard InChI is InChI=1S/C23H19Cl3N4O6S/c1-14-6-8-16(11-20(14)30(32)33)37(34,35)29(21-10-15(24)7-9-22(21)36-2)13-23(31)28-27-12-17-18(25)4-3-5-19(17)26/h3-12H,13H2,1-2H3,(H,28,31)/b27-12-. The van der Waals surface area contributed by atoms with Gasteiger partial charge in [-0.25, -0.2) is 13.8 Å². The third-order valence-corrected chi connectivity index (χ3v) is 7.69. The molecule has 1 N–H and O–H groups in total. The molecular formula is C23H19Cl3N4O6S. The van der Waals surface area contributed by atoms with Crippen LogP contribution in [0.15, 0.2) is 64.6 Å². The number of hydrogen-bond acceptors (Lipinski definition) is 7. The fourth-order valence-corrected chi connectivity index (χ4v) is 5.31. The lowest BCUT2D eigenvalue weighted by Gasteiger charge is -2.25. The van der Waals surface area contributed by atoms with Gasteiger partial charge in [0.1, 0.15) is 12.3 Å². The summed E-state index contributed by atoms with van der Waals surface area (Å²) in [5, 5.41) is 16.0. The molecule has 14 heteroatoms. The van der Waals surface area contributed by atoms with E-state index in [0.717, 1.165) is 10.4 Å². The summed E-state index contributed by atoms with van der Waals surface area (Å²) in [4.78, 5) is 23.1. The number of anilines is 1. The van der Waals surface area contributed by atoms with E-state index in [4.69, 9.17) is 39.5 Å². The zero-order valence-corrected chi connectivity index (χ0v) is 22.4. The molecule has 0 unspecified atom stereocenters. The number of methoxy groups -OCH3 is 1. The van der Waals surface area contributed by atoms with E-state index >= 15 is 0 Å². The maximum Gasteiger partial charge on any atom is 0.273 e. The number of halogens is 3. The lowest BCUT2D eigenvalue weighted by Crippen LogP contribution is -2.39. The van der Waals surface area contributed by atoms with Gasteiger partial charge in [-0.3, -0.25) is 19.2 Å². The minimum Gasteiger partial charge on any atom is -0.495 e. The van der Waals surface area contributed by atoms with Crippen LogP contribution >= 0.6 is 34.8 Å². The Morgan fingerprint density at radius 3 is 2.43 bits per heavy atom. The minimum absolute atomic E-state index is 0.0634. The molecule has 0 spiro atoms. The molecule has 0 bridgehead atoms. The van der Waals surface area contributed by atoms with Gasteiger partial charge in [0, 0.05) is 22.2 Å². The van der Waals surface area contributed by atoms with Crippen LogP contribution in [0.4, 0.5) is 11.4 Å². The molecular weight excluding hydrogens is 567 g/mol. The number of sulfonamides is 1. The number of ether oxygens (including phenoxy) is 1. The Bertz CT molecular complexity index is 1480. The van der Waals surface area contributed by atoms with Gasteiger partial charge >= 0.3 is 0 Å². The quantitative estimate of drug-likeness (QED) is 0.208. The highest BCUT2D eigenvalue weighted by atomic mass is 35.5. The molecule has 1 amide bonds. The Morgan fingerprint density at radius 1 is 1.14 bits per heavy atom. The van der Waals surface area contributed by atoms with Crippen LogP contribution in [0.3, 0.4) is 0 Å². The van der Waals surface area contributed by atoms with Crippen molar-refractivity contribution in [2.24, 2.45) is 5.10 Å². The molecule has 0 radical (unpaired) electrons. The number of benzene rings is 3. The minimum atomic E-state index is -4.53. The Labute approximate surface area is 227 Å². The maximum absolute atomic E-state index is 13.7. The molecule has 0 aliphatic rings. The summed E-state index contributed by atoms with van der Waals surface area (Å²) in [5.41, 5.74) is 2.37. The lowest BCUT2D eigenvalue weighted by molar-refractivity contribution is -0.385. The third kappa shape index (κ3) is 6.50. The molecule has 0 heterocycles. The number of aryl methyl sites for hydroxylation is 1. The number of rotatable bonds is 9. The maximum atomic E-state index is 13.7. The van der Waals surface area contributed by atoms with E-state index in [2.05, 4.69) is 10.5 Å². The summed E-state index contributed by atoms with van der Waals surface area (Å²) in [6.07, 6.45) is 1.21. The van der Waals surface area contributed by atoms with Crippen molar-refractivity contribution in [3.63, 3.8) is 0 Å². The SMILES string of the molecule is COc1ccc(Cl)cc1N(CC(=O)N/N=C\c1c(Cl)cccc1Cl)S(=O)(=O)c1ccc(C)c([N+](=O)[O-])c1. The summed E-state index contributed by atoms with van der Waals surface area (Å²) >= 11 is 18.3. The van der Waals surface area contributed by atoms with Crippen LogP contribution in [0.5, 0.6) is 5.75 Å². The van der Waals surface area contributed by atoms with Crippen molar-refractivity contribution in [1.82, 2.24) is 5.43 Å². The third-order valence-electron chi connectivity index (χ3n) is 5.04. The van der Waals surface area contributed by atoms with E-state index in [1.54, 1.807) is 18.2 Å². The van der Waals surface area contributed by atoms with Crippen molar-refractivity contribution in [2.75, 3.05) is 18.0 Å². The number of nitrogens with zero attached hydrogens (tertiary/aromatic N) is 3. The molecule has 0 aliphatic carbocycles. The first-order valence-corrected chi connectivity index (χ1v) is 12.9. The van der Waals surface area contributed by atoms with Crippen LogP contribution in [-0.4, -0.2) is 39.1 Å². The fraction of sp³-hybridized carbons (Fsp3) is 0.130. The summed E-state index contributed by atoms with van der Waals surface area (Å²) in [7, 11) is -3.22. The molecule has 0 saturated carbocycles. The van der Waals surface area contributed by atoms with Gasteiger partial charge in [-0.2, -0.15) is 5.10 Å². The molecule has 0 saturated heterocycles. The number of hydrogen-bond donors (Lipinski definition) is 1. The van der Waals surface area contributed by atoms with Gasteiger partial charge in [-0.15, -0.1) is 0 Å². The van der Waals surface area contributed by atoms with Gasteiger partial charge in [-0.05, 0) is 43.3 Å². The molecule has 10 nitrogen and oxygen atoms in total. The molecule has 0 fully saturated rings. The summed E-state index contributed by atoms with van der Waals surface area (Å²) in [6, 6.07) is 12.4. The van der Waals surface area contributed by atoms with Gasteiger partial charge in [-0.1, -0.05) is 46.9 Å². The Balaban J connectivity index is 2.02. The van der Waals surface area contributed by atoms with Gasteiger partial charge < -0.3 is 4.74 Å². The first-order valence-electron chi connectivity index (χ1n) is 10.3. The van der Waals surface area contributed by atoms with Crippen LogP contribution in [-0.2, 0) is 14.8 Å². The summed E-state index contributed by atoms with van der Waals surface area (Å²) in [5.74, 6) is -0.750. The van der Waals surface area contributed by atoms with E-state index in [1.165, 1.54) is 50.6 Å². The second-order valence-corrected chi connectivity index (χ2v) is 10.6. The number of carbonyl (C=O) groups excluding carboxylic acids is 1. The molecule has 3 aromatic carbocycles. The van der Waals surface area contributed by atoms with Crippen molar-refractivity contribution >= 4 is 68.3 Å². The monoisotopic (exact) mass is 584 g/mol. The number of amides is 1. The summed E-state index contributed by atoms with van der Waals surface area (Å²) in [6.45, 7) is 0.706. The normalized spacial score (nSPS) is 11.4. The van der Waals surface area contributed by atoms with Gasteiger partial charge in [0.05, 0.1) is 38.9 Å². The highest BCUT2D eigenvalue weighted by molar-refractivity contribution is 7.92. The fourth-order valence-electron chi connectivity index (χ4n) is 3.20. The van der Waals surface area contributed by atoms with Crippen molar-refractivity contribution in [2.45, 2.75) is 11.8 Å². The number of hydrazone groups is 1. The van der Waals surface area contributed by atoms with Crippen LogP contribution < -0.4 is 14.5 Å². The van der Waals surface area contributed by atoms with Crippen molar-refractivity contribution < 1.29 is 22.9 Å². The number of nitro groups is 1. The molecule has 0 atom stereocenters. The first kappa shape index (κ1) is 28.2. The molecule has 0 aromatic heterocycles. The highest BCUT2D eigenvalue weighted by Gasteiger charge is 2.31. The van der Waals surface area contributed by atoms with Crippen molar-refractivity contribution in [3.05, 3.63) is 90.9 Å². The van der Waals surface area contributed by atoms with E-state index in [9.17, 15) is 23.3 Å². The second-order valence-electron chi connectivity index (χ2n) is 7.46. The zero-order valence-electron chi connectivity index (χ0n) is 19.3. The van der Waals surface area contributed by atoms with Crippen LogP contribution in [0.1, 0.15) is 11.1 Å². The average Bonchev–Trinajstić information content (AvgIpc) is 2.84. The zero-order chi connectivity index (χ0) is 27.3. The molecule has 3 aromatic rings. The predicted molar refractivity (Wildman–Crippen MR) is 143 cm³/mol. The van der Waals surface area contributed by atoms with Crippen molar-refractivity contribution in [1.29, 1.82) is 0 Å². The van der Waals surface area contributed by atoms with Crippen LogP contribution in [0.2, 0.25) is 15.1 Å². The largest absolute Gasteiger partial charge is 0.495 e. The number of carbonyl (C=O) groups is 1. The van der Waals surface area contributed by atoms with E-state index in [-0.39, 0.29) is 22.0 Å². The van der Waals surface area contributed by atoms with Gasteiger partial charge in [0.15, 0.2) is 0 Å². The Hall–Kier alpha value is -3.38. The highest BCUT2D eigenvalue weighted by Crippen LogP contribution is 2.35. The Morgan fingerprint density at radius 2 is 1.81 bits per heavy atom. The lowest BCUT2D eigenvalue weighted by atomic mass is 10.2. The number of nitrogens with one attached hydrogen (secondary N) is 1. The van der Waals surface area contributed by atoms with Crippen molar-refractivity contribution in [3.8, 4) is 5.75 Å². The van der Waals surface area contributed by atoms with Gasteiger partial charge in [0.2, 0.25) is 0 Å². The molecule has 3 rings (SSSR count).